The lowest BCUT2D eigenvalue weighted by Gasteiger charge is -2.38. The quantitative estimate of drug-likeness (QED) is 0.686. The maximum atomic E-state index is 12.5. The molecule has 0 aromatic rings. The van der Waals surface area contributed by atoms with E-state index >= 15 is 0 Å². The highest BCUT2D eigenvalue weighted by molar-refractivity contribution is 6.00. The van der Waals surface area contributed by atoms with E-state index in [-0.39, 0.29) is 22.7 Å². The van der Waals surface area contributed by atoms with Crippen LogP contribution in [-0.2, 0) is 14.3 Å². The average Bonchev–Trinajstić information content (AvgIpc) is 2.70. The lowest BCUT2D eigenvalue weighted by Crippen LogP contribution is -2.43. The predicted molar refractivity (Wildman–Crippen MR) is 116 cm³/mol. The highest BCUT2D eigenvalue weighted by atomic mass is 16.5. The second kappa shape index (κ2) is 10.1. The molecule has 0 unspecified atom stereocenters. The van der Waals surface area contributed by atoms with E-state index in [9.17, 15) is 14.7 Å². The molecule has 5 heteroatoms. The van der Waals surface area contributed by atoms with Gasteiger partial charge in [0.25, 0.3) is 0 Å². The number of hydrogen-bond acceptors (Lipinski definition) is 5. The maximum Gasteiger partial charge on any atom is 0.202 e. The zero-order valence-electron chi connectivity index (χ0n) is 17.9. The van der Waals surface area contributed by atoms with Crippen molar-refractivity contribution in [1.29, 1.82) is 0 Å². The standard InChI is InChI=1S/C14H21NO2.C10H14O2/c1-3-6-14(2)7-4-5-12(13(14)16)15-8-10-17-11-9-15;1-3-6-10(2)7-4-5-8(11)9(10)12/h3,5H,1,4,6-11H2,2H3;3,5,11H,1,4,6-7H2,2H3/t14-;10-/m11/s1. The molecule has 0 spiro atoms. The van der Waals surface area contributed by atoms with Gasteiger partial charge in [-0.1, -0.05) is 32.1 Å². The minimum atomic E-state index is -0.416. The van der Waals surface area contributed by atoms with Crippen molar-refractivity contribution in [3.8, 4) is 0 Å². The Balaban J connectivity index is 0.000000221. The summed E-state index contributed by atoms with van der Waals surface area (Å²) in [5, 5.41) is 9.22. The fourth-order valence-corrected chi connectivity index (χ4v) is 4.19. The van der Waals surface area contributed by atoms with E-state index in [1.807, 2.05) is 13.0 Å². The number of carbonyl (C=O) groups is 2. The fourth-order valence-electron chi connectivity index (χ4n) is 4.19. The molecule has 0 radical (unpaired) electrons. The Morgan fingerprint density at radius 3 is 2.07 bits per heavy atom. The summed E-state index contributed by atoms with van der Waals surface area (Å²) in [6.07, 6.45) is 12.2. The van der Waals surface area contributed by atoms with E-state index in [1.165, 1.54) is 0 Å². The van der Waals surface area contributed by atoms with Gasteiger partial charge in [0, 0.05) is 23.9 Å². The van der Waals surface area contributed by atoms with E-state index in [0.717, 1.165) is 64.1 Å². The molecular formula is C24H35NO4. The van der Waals surface area contributed by atoms with E-state index < -0.39 is 5.41 Å². The zero-order valence-corrected chi connectivity index (χ0v) is 17.9. The molecule has 1 saturated heterocycles. The van der Waals surface area contributed by atoms with Crippen LogP contribution in [0.25, 0.3) is 0 Å². The van der Waals surface area contributed by atoms with Crippen molar-refractivity contribution in [1.82, 2.24) is 4.90 Å². The number of ether oxygens (including phenoxy) is 1. The number of nitrogens with zero attached hydrogens (tertiary/aromatic N) is 1. The average molecular weight is 402 g/mol. The lowest BCUT2D eigenvalue weighted by molar-refractivity contribution is -0.128. The molecule has 0 bridgehead atoms. The highest BCUT2D eigenvalue weighted by Gasteiger charge is 2.38. The summed E-state index contributed by atoms with van der Waals surface area (Å²) >= 11 is 0. The largest absolute Gasteiger partial charge is 0.505 e. The maximum absolute atomic E-state index is 12.5. The lowest BCUT2D eigenvalue weighted by atomic mass is 9.73. The summed E-state index contributed by atoms with van der Waals surface area (Å²) in [5.41, 5.74) is 0.244. The molecule has 5 nitrogen and oxygen atoms in total. The zero-order chi connectivity index (χ0) is 21.5. The van der Waals surface area contributed by atoms with Crippen LogP contribution in [0.15, 0.2) is 48.9 Å². The Morgan fingerprint density at radius 1 is 1.00 bits per heavy atom. The minimum absolute atomic E-state index is 0.0781. The molecule has 0 aromatic heterocycles. The normalized spacial score (nSPS) is 29.9. The van der Waals surface area contributed by atoms with Crippen molar-refractivity contribution in [3.63, 3.8) is 0 Å². The first-order chi connectivity index (χ1) is 13.8. The molecule has 3 aliphatic rings. The van der Waals surface area contributed by atoms with Crippen LogP contribution in [-0.4, -0.2) is 47.9 Å². The van der Waals surface area contributed by atoms with Crippen LogP contribution in [0, 0.1) is 10.8 Å². The first-order valence-corrected chi connectivity index (χ1v) is 10.5. The number of hydrogen-bond donors (Lipinski definition) is 1. The second-order valence-corrected chi connectivity index (χ2v) is 8.62. The Hall–Kier alpha value is -2.14. The van der Waals surface area contributed by atoms with Crippen LogP contribution < -0.4 is 0 Å². The summed E-state index contributed by atoms with van der Waals surface area (Å²) in [7, 11) is 0. The molecule has 0 saturated carbocycles. The van der Waals surface area contributed by atoms with Crippen LogP contribution in [0.3, 0.4) is 0 Å². The summed E-state index contributed by atoms with van der Waals surface area (Å²) in [6, 6.07) is 0. The first kappa shape index (κ1) is 23.1. The number of ketones is 2. The molecule has 2 aliphatic carbocycles. The predicted octanol–water partition coefficient (Wildman–Crippen LogP) is 4.52. The van der Waals surface area contributed by atoms with E-state index in [4.69, 9.17) is 4.74 Å². The third-order valence-electron chi connectivity index (χ3n) is 6.17. The Labute approximate surface area is 174 Å². The molecule has 29 heavy (non-hydrogen) atoms. The summed E-state index contributed by atoms with van der Waals surface area (Å²) in [6.45, 7) is 14.4. The van der Waals surface area contributed by atoms with Gasteiger partial charge in [-0.05, 0) is 44.6 Å². The summed E-state index contributed by atoms with van der Waals surface area (Å²) < 4.78 is 5.33. The van der Waals surface area contributed by atoms with Crippen LogP contribution in [0.2, 0.25) is 0 Å². The van der Waals surface area contributed by atoms with Crippen molar-refractivity contribution in [3.05, 3.63) is 48.9 Å². The van der Waals surface area contributed by atoms with Crippen LogP contribution in [0.4, 0.5) is 0 Å². The van der Waals surface area contributed by atoms with Crippen LogP contribution >= 0.6 is 0 Å². The van der Waals surface area contributed by atoms with Crippen molar-refractivity contribution < 1.29 is 19.4 Å². The number of allylic oxidation sites excluding steroid dienone is 6. The van der Waals surface area contributed by atoms with Gasteiger partial charge in [0.15, 0.2) is 11.5 Å². The smallest absolute Gasteiger partial charge is 0.202 e. The number of carbonyl (C=O) groups excluding carboxylic acids is 2. The van der Waals surface area contributed by atoms with Gasteiger partial charge in [-0.25, -0.2) is 0 Å². The van der Waals surface area contributed by atoms with Gasteiger partial charge >= 0.3 is 0 Å². The molecule has 0 aromatic carbocycles. The van der Waals surface area contributed by atoms with Gasteiger partial charge < -0.3 is 14.7 Å². The van der Waals surface area contributed by atoms with E-state index in [1.54, 1.807) is 12.2 Å². The van der Waals surface area contributed by atoms with Crippen molar-refractivity contribution in [2.45, 2.75) is 52.4 Å². The molecule has 3 rings (SSSR count). The molecule has 160 valence electrons. The topological polar surface area (TPSA) is 66.8 Å². The number of aliphatic hydroxyl groups excluding tert-OH is 1. The number of morpholine rings is 1. The van der Waals surface area contributed by atoms with Crippen LogP contribution in [0.1, 0.15) is 52.4 Å². The third kappa shape index (κ3) is 5.47. The Kier molecular flexibility index (Phi) is 8.03. The molecule has 0 amide bonds. The van der Waals surface area contributed by atoms with Crippen molar-refractivity contribution in [2.24, 2.45) is 10.8 Å². The number of aliphatic hydroxyl groups is 1. The molecule has 1 heterocycles. The Bertz CT molecular complexity index is 702. The van der Waals surface area contributed by atoms with Gasteiger partial charge in [-0.3, -0.25) is 9.59 Å². The van der Waals surface area contributed by atoms with Gasteiger partial charge in [-0.15, -0.1) is 13.2 Å². The summed E-state index contributed by atoms with van der Waals surface area (Å²) in [4.78, 5) is 26.2. The first-order valence-electron chi connectivity index (χ1n) is 10.5. The molecule has 2 atom stereocenters. The third-order valence-corrected chi connectivity index (χ3v) is 6.17. The van der Waals surface area contributed by atoms with Gasteiger partial charge in [0.05, 0.1) is 18.9 Å². The van der Waals surface area contributed by atoms with E-state index in [0.29, 0.717) is 6.42 Å². The van der Waals surface area contributed by atoms with Crippen molar-refractivity contribution >= 4 is 11.6 Å². The van der Waals surface area contributed by atoms with Crippen LogP contribution in [0.5, 0.6) is 0 Å². The molecular weight excluding hydrogens is 366 g/mol. The molecule has 1 N–H and O–H groups in total. The highest BCUT2D eigenvalue weighted by Crippen LogP contribution is 2.37. The molecule has 1 fully saturated rings. The Morgan fingerprint density at radius 2 is 1.52 bits per heavy atom. The SMILES string of the molecule is C=CC[C@]1(C)CCC=C(N2CCOCC2)C1=O.C=CC[C@]1(C)CCC=C(O)C1=O. The van der Waals surface area contributed by atoms with Gasteiger partial charge in [-0.2, -0.15) is 0 Å². The molecule has 1 aliphatic heterocycles. The van der Waals surface area contributed by atoms with Gasteiger partial charge in [0.1, 0.15) is 0 Å². The summed E-state index contributed by atoms with van der Waals surface area (Å²) in [5.74, 6) is 0.0600. The second-order valence-electron chi connectivity index (χ2n) is 8.62. The van der Waals surface area contributed by atoms with Crippen molar-refractivity contribution in [2.75, 3.05) is 26.3 Å². The van der Waals surface area contributed by atoms with E-state index in [2.05, 4.69) is 31.1 Å². The fraction of sp³-hybridized carbons (Fsp3) is 0.583. The minimum Gasteiger partial charge on any atom is -0.505 e. The van der Waals surface area contributed by atoms with Gasteiger partial charge in [0.2, 0.25) is 5.78 Å². The monoisotopic (exact) mass is 401 g/mol. The number of Topliss-reactive ketones (excluding diaryl/α,β-unsaturated/α-hetero) is 2. The number of rotatable bonds is 5.